The molecule has 2 aliphatic carbocycles. The summed E-state index contributed by atoms with van der Waals surface area (Å²) < 4.78 is 5.32. The summed E-state index contributed by atoms with van der Waals surface area (Å²) in [5.74, 6) is -0.621. The molecule has 1 aromatic rings. The van der Waals surface area contributed by atoms with Gasteiger partial charge in [-0.15, -0.1) is 11.8 Å². The molecule has 0 aromatic carbocycles. The van der Waals surface area contributed by atoms with Gasteiger partial charge in [-0.1, -0.05) is 6.07 Å². The number of ether oxygens (including phenoxy) is 1. The van der Waals surface area contributed by atoms with Crippen LogP contribution in [0.5, 0.6) is 0 Å². The van der Waals surface area contributed by atoms with E-state index in [2.05, 4.69) is 27.0 Å². The number of aromatic nitrogens is 1. The molecule has 1 spiro atoms. The number of pyridine rings is 1. The summed E-state index contributed by atoms with van der Waals surface area (Å²) in [5, 5.41) is 18.7. The second kappa shape index (κ2) is 9.88. The molecule has 3 amide bonds. The van der Waals surface area contributed by atoms with Crippen LogP contribution in [0.15, 0.2) is 18.2 Å². The molecule has 0 radical (unpaired) electrons. The van der Waals surface area contributed by atoms with Gasteiger partial charge in [0.2, 0.25) is 17.7 Å². The first-order valence-corrected chi connectivity index (χ1v) is 13.3. The molecule has 0 bridgehead atoms. The van der Waals surface area contributed by atoms with Crippen molar-refractivity contribution in [3.8, 4) is 6.07 Å². The van der Waals surface area contributed by atoms with E-state index < -0.39 is 16.7 Å². The van der Waals surface area contributed by atoms with Crippen LogP contribution in [0.4, 0.5) is 11.6 Å². The standard InChI is InChI=1S/C24H31N7O4S/c1-3-26-22(33)19-14(12-25)24(19)31(4-2)23(34)18-20(21(18)36-24)29-16-7-5-6-15(27-16)28-17(32)13-30-8-10-35-11-9-30/h5-7,14,18-21H,3-4,8-11,13H2,1-2H3,(H,26,33)(H2,27,28,29,32). The van der Waals surface area contributed by atoms with Crippen LogP contribution in [0, 0.1) is 29.1 Å². The second-order valence-corrected chi connectivity index (χ2v) is 10.9. The number of nitrogens with zero attached hydrogens (tertiary/aromatic N) is 4. The summed E-state index contributed by atoms with van der Waals surface area (Å²) in [6, 6.07) is 7.46. The molecule has 36 heavy (non-hydrogen) atoms. The lowest BCUT2D eigenvalue weighted by Gasteiger charge is -2.35. The molecule has 1 aromatic heterocycles. The van der Waals surface area contributed by atoms with E-state index in [1.807, 2.05) is 18.7 Å². The van der Waals surface area contributed by atoms with Crippen LogP contribution in [0.2, 0.25) is 0 Å². The molecule has 11 nitrogen and oxygen atoms in total. The predicted molar refractivity (Wildman–Crippen MR) is 134 cm³/mol. The van der Waals surface area contributed by atoms with Gasteiger partial charge in [0.05, 0.1) is 49.6 Å². The number of morpholine rings is 1. The smallest absolute Gasteiger partial charge is 0.239 e. The number of carbonyl (C=O) groups excluding carboxylic acids is 3. The van der Waals surface area contributed by atoms with Crippen LogP contribution in [0.1, 0.15) is 13.8 Å². The van der Waals surface area contributed by atoms with E-state index in [0.717, 1.165) is 13.1 Å². The Bertz CT molecular complexity index is 1090. The van der Waals surface area contributed by atoms with Gasteiger partial charge in [-0.2, -0.15) is 5.26 Å². The Morgan fingerprint density at radius 3 is 2.72 bits per heavy atom. The highest BCUT2D eigenvalue weighted by Gasteiger charge is 2.80. The number of nitrogens with one attached hydrogen (secondary N) is 3. The van der Waals surface area contributed by atoms with Crippen LogP contribution in [0.3, 0.4) is 0 Å². The fourth-order valence-corrected chi connectivity index (χ4v) is 7.62. The summed E-state index contributed by atoms with van der Waals surface area (Å²) >= 11 is 1.57. The van der Waals surface area contributed by atoms with Crippen molar-refractivity contribution in [2.45, 2.75) is 30.0 Å². The van der Waals surface area contributed by atoms with Gasteiger partial charge in [-0.3, -0.25) is 19.3 Å². The first-order chi connectivity index (χ1) is 17.4. The van der Waals surface area contributed by atoms with Crippen molar-refractivity contribution in [1.29, 1.82) is 5.26 Å². The molecule has 2 saturated heterocycles. The zero-order valence-electron chi connectivity index (χ0n) is 20.4. The first kappa shape index (κ1) is 24.8. The van der Waals surface area contributed by atoms with Crippen molar-refractivity contribution in [3.63, 3.8) is 0 Å². The maximum atomic E-state index is 13.4. The lowest BCUT2D eigenvalue weighted by Crippen LogP contribution is -2.48. The van der Waals surface area contributed by atoms with E-state index in [9.17, 15) is 19.6 Å². The van der Waals surface area contributed by atoms with Crippen molar-refractivity contribution in [1.82, 2.24) is 20.1 Å². The van der Waals surface area contributed by atoms with Crippen molar-refractivity contribution in [2.75, 3.05) is 56.6 Å². The van der Waals surface area contributed by atoms with E-state index in [4.69, 9.17) is 4.74 Å². The third-order valence-electron chi connectivity index (χ3n) is 7.26. The molecule has 5 rings (SSSR count). The van der Waals surface area contributed by atoms with Crippen LogP contribution < -0.4 is 16.0 Å². The van der Waals surface area contributed by atoms with Crippen molar-refractivity contribution >= 4 is 41.1 Å². The SMILES string of the molecule is CCNC(=O)C1C(C#N)C12SC1C(Nc3cccc(NC(=O)CN4CCOCC4)n3)C1C(=O)N2CC. The quantitative estimate of drug-likeness (QED) is 0.449. The Morgan fingerprint density at radius 2 is 2.03 bits per heavy atom. The number of anilines is 2. The summed E-state index contributed by atoms with van der Waals surface area (Å²) in [4.78, 5) is 46.0. The molecule has 12 heteroatoms. The molecule has 3 heterocycles. The summed E-state index contributed by atoms with van der Waals surface area (Å²) in [7, 11) is 0. The van der Waals surface area contributed by atoms with Crippen LogP contribution >= 0.6 is 11.8 Å². The third kappa shape index (κ3) is 4.29. The molecule has 4 fully saturated rings. The molecule has 2 saturated carbocycles. The second-order valence-electron chi connectivity index (χ2n) is 9.44. The molecule has 6 atom stereocenters. The Labute approximate surface area is 214 Å². The van der Waals surface area contributed by atoms with Gasteiger partial charge in [0.15, 0.2) is 0 Å². The Balaban J connectivity index is 1.24. The Hall–Kier alpha value is -2.88. The molecular weight excluding hydrogens is 482 g/mol. The average Bonchev–Trinajstić information content (AvgIpc) is 3.73. The van der Waals surface area contributed by atoms with Gasteiger partial charge in [0.1, 0.15) is 16.5 Å². The summed E-state index contributed by atoms with van der Waals surface area (Å²) in [5.41, 5.74) is 0. The first-order valence-electron chi connectivity index (χ1n) is 12.4. The number of rotatable bonds is 8. The lowest BCUT2D eigenvalue weighted by molar-refractivity contribution is -0.135. The maximum Gasteiger partial charge on any atom is 0.239 e. The summed E-state index contributed by atoms with van der Waals surface area (Å²) in [6.07, 6.45) is 0. The van der Waals surface area contributed by atoms with E-state index in [-0.39, 0.29) is 41.5 Å². The molecule has 3 N–H and O–H groups in total. The molecule has 6 unspecified atom stereocenters. The minimum absolute atomic E-state index is 0.0271. The Morgan fingerprint density at radius 1 is 1.28 bits per heavy atom. The number of thioether (sulfide) groups is 1. The number of carbonyl (C=O) groups is 3. The van der Waals surface area contributed by atoms with Gasteiger partial charge in [-0.05, 0) is 26.0 Å². The van der Waals surface area contributed by atoms with Gasteiger partial charge in [0, 0.05) is 31.4 Å². The number of hydrogen-bond donors (Lipinski definition) is 3. The Kier molecular flexibility index (Phi) is 6.80. The summed E-state index contributed by atoms with van der Waals surface area (Å²) in [6.45, 7) is 7.63. The van der Waals surface area contributed by atoms with Gasteiger partial charge >= 0.3 is 0 Å². The maximum absolute atomic E-state index is 13.4. The van der Waals surface area contributed by atoms with Gasteiger partial charge in [0.25, 0.3) is 0 Å². The number of nitriles is 1. The van der Waals surface area contributed by atoms with Crippen LogP contribution in [-0.2, 0) is 19.1 Å². The van der Waals surface area contributed by atoms with E-state index in [1.165, 1.54) is 0 Å². The fraction of sp³-hybridized carbons (Fsp3) is 0.625. The van der Waals surface area contributed by atoms with Crippen molar-refractivity contribution in [3.05, 3.63) is 18.2 Å². The molecular formula is C24H31N7O4S. The normalized spacial score (nSPS) is 32.9. The number of amides is 3. The van der Waals surface area contributed by atoms with Crippen LogP contribution in [0.25, 0.3) is 0 Å². The fourth-order valence-electron chi connectivity index (χ4n) is 5.46. The van der Waals surface area contributed by atoms with E-state index in [1.54, 1.807) is 34.9 Å². The highest BCUT2D eigenvalue weighted by atomic mass is 32.2. The number of hydrogen-bond acceptors (Lipinski definition) is 9. The van der Waals surface area contributed by atoms with Crippen LogP contribution in [-0.4, -0.2) is 94.6 Å². The van der Waals surface area contributed by atoms with Crippen molar-refractivity contribution < 1.29 is 19.1 Å². The zero-order valence-corrected chi connectivity index (χ0v) is 21.2. The van der Waals surface area contributed by atoms with E-state index >= 15 is 0 Å². The molecule has 192 valence electrons. The zero-order chi connectivity index (χ0) is 25.4. The third-order valence-corrected chi connectivity index (χ3v) is 9.22. The van der Waals surface area contributed by atoms with Gasteiger partial charge in [-0.25, -0.2) is 4.98 Å². The highest BCUT2D eigenvalue weighted by Crippen LogP contribution is 2.70. The molecule has 4 aliphatic rings. The molecule has 2 aliphatic heterocycles. The topological polar surface area (TPSA) is 140 Å². The monoisotopic (exact) mass is 513 g/mol. The van der Waals surface area contributed by atoms with E-state index in [0.29, 0.717) is 37.9 Å². The lowest BCUT2D eigenvalue weighted by atomic mass is 10.2. The minimum atomic E-state index is -0.805. The highest BCUT2D eigenvalue weighted by molar-refractivity contribution is 8.02. The van der Waals surface area contributed by atoms with Gasteiger partial charge < -0.3 is 25.6 Å². The minimum Gasteiger partial charge on any atom is -0.379 e. The largest absolute Gasteiger partial charge is 0.379 e. The van der Waals surface area contributed by atoms with Crippen molar-refractivity contribution in [2.24, 2.45) is 17.8 Å². The average molecular weight is 514 g/mol. The number of fused-ring (bicyclic) bond motifs is 1. The predicted octanol–water partition coefficient (Wildman–Crippen LogP) is 0.328.